The van der Waals surface area contributed by atoms with Crippen molar-refractivity contribution in [2.45, 2.75) is 29.1 Å². The molecule has 0 N–H and O–H groups in total. The van der Waals surface area contributed by atoms with E-state index in [4.69, 9.17) is 8.83 Å². The van der Waals surface area contributed by atoms with Crippen LogP contribution in [0.15, 0.2) is 195 Å². The lowest BCUT2D eigenvalue weighted by atomic mass is 9.23. The Morgan fingerprint density at radius 3 is 1.92 bits per heavy atom. The Labute approximate surface area is 347 Å². The minimum absolute atomic E-state index is 0.136. The molecule has 0 saturated carbocycles. The largest absolute Gasteiger partial charge is 0.471 e. The Morgan fingerprint density at radius 1 is 0.492 bits per heavy atom. The molecule has 3 aliphatic rings. The highest BCUT2D eigenvalue weighted by molar-refractivity contribution is 7.99. The Balaban J connectivity index is 1.06. The first kappa shape index (κ1) is 33.4. The molecule has 13 rings (SSSR count). The number of furan rings is 2. The maximum Gasteiger partial charge on any atom is 0.290 e. The van der Waals surface area contributed by atoms with E-state index in [2.05, 4.69) is 195 Å². The summed E-state index contributed by atoms with van der Waals surface area (Å²) in [7, 11) is 0. The minimum Gasteiger partial charge on any atom is -0.471 e. The number of anilines is 3. The molecule has 276 valence electrons. The lowest BCUT2D eigenvalue weighted by Crippen LogP contribution is -2.73. The summed E-state index contributed by atoms with van der Waals surface area (Å²) in [5.74, 6) is 0. The summed E-state index contributed by atoms with van der Waals surface area (Å²) in [5, 5.41) is 4.68. The molecule has 10 aromatic rings. The van der Waals surface area contributed by atoms with E-state index >= 15 is 0 Å². The van der Waals surface area contributed by atoms with Gasteiger partial charge in [-0.15, -0.1) is 0 Å². The Hall–Kier alpha value is -6.62. The van der Waals surface area contributed by atoms with Crippen LogP contribution in [0.4, 0.5) is 17.1 Å². The highest BCUT2D eigenvalue weighted by Crippen LogP contribution is 2.51. The Morgan fingerprint density at radius 2 is 1.10 bits per heavy atom. The standard InChI is InChI=1S/C53H35B2NO2S/c1-53(2)40-17-7-5-15-37(40)38-29-26-34(31-41(38)53)55-49-39-16-6-10-20-44(39)57-51(49)54(50-48-36-14-4-3-13-32(36)23-30-45(48)58-52(50)55)33-24-27-35(28-25-33)56-42-18-8-11-21-46(42)59-47-22-12-9-19-43(47)56/h3-31H,1-2H3. The number of fused-ring (bicyclic) bond motifs is 13. The first-order valence-electron chi connectivity index (χ1n) is 20.5. The average Bonchev–Trinajstić information content (AvgIpc) is 3.93. The van der Waals surface area contributed by atoms with Gasteiger partial charge in [0.2, 0.25) is 0 Å². The molecule has 6 heteroatoms. The highest BCUT2D eigenvalue weighted by atomic mass is 32.2. The molecule has 0 fully saturated rings. The average molecular weight is 772 g/mol. The quantitative estimate of drug-likeness (QED) is 0.167. The van der Waals surface area contributed by atoms with Crippen molar-refractivity contribution in [2.24, 2.45) is 0 Å². The summed E-state index contributed by atoms with van der Waals surface area (Å²) in [6.45, 7) is 4.35. The third-order valence-corrected chi connectivity index (χ3v) is 14.4. The lowest BCUT2D eigenvalue weighted by Gasteiger charge is -2.33. The molecule has 59 heavy (non-hydrogen) atoms. The molecule has 0 unspecified atom stereocenters. The molecule has 4 heterocycles. The van der Waals surface area contributed by atoms with Crippen LogP contribution in [0.5, 0.6) is 0 Å². The number of hydrogen-bond acceptors (Lipinski definition) is 4. The maximum atomic E-state index is 7.27. The monoisotopic (exact) mass is 771 g/mol. The van der Waals surface area contributed by atoms with Crippen LogP contribution in [0.2, 0.25) is 0 Å². The van der Waals surface area contributed by atoms with Crippen molar-refractivity contribution in [3.63, 3.8) is 0 Å². The van der Waals surface area contributed by atoms with Gasteiger partial charge in [-0.2, -0.15) is 0 Å². The van der Waals surface area contributed by atoms with Gasteiger partial charge in [0, 0.05) is 31.7 Å². The zero-order valence-corrected chi connectivity index (χ0v) is 33.4. The molecular weight excluding hydrogens is 736 g/mol. The molecule has 2 aliphatic heterocycles. The Kier molecular flexibility index (Phi) is 6.90. The topological polar surface area (TPSA) is 29.5 Å². The van der Waals surface area contributed by atoms with Gasteiger partial charge >= 0.3 is 0 Å². The van der Waals surface area contributed by atoms with Gasteiger partial charge in [-0.25, -0.2) is 0 Å². The number of nitrogens with zero attached hydrogens (tertiary/aromatic N) is 1. The third kappa shape index (κ3) is 4.64. The molecule has 2 aromatic heterocycles. The third-order valence-electron chi connectivity index (χ3n) is 13.3. The van der Waals surface area contributed by atoms with Crippen LogP contribution < -0.4 is 38.1 Å². The summed E-state index contributed by atoms with van der Waals surface area (Å²) in [4.78, 5) is 4.90. The first-order chi connectivity index (χ1) is 29.0. The lowest BCUT2D eigenvalue weighted by molar-refractivity contribution is 0.647. The number of rotatable bonds is 3. The van der Waals surface area contributed by atoms with E-state index in [0.29, 0.717) is 0 Å². The molecule has 0 spiro atoms. The molecule has 3 nitrogen and oxygen atoms in total. The fourth-order valence-electron chi connectivity index (χ4n) is 10.6. The minimum atomic E-state index is -0.198. The Bertz CT molecular complexity index is 3330. The van der Waals surface area contributed by atoms with E-state index in [-0.39, 0.29) is 18.8 Å². The van der Waals surface area contributed by atoms with Crippen molar-refractivity contribution in [3.05, 3.63) is 187 Å². The van der Waals surface area contributed by atoms with Gasteiger partial charge in [0.25, 0.3) is 13.4 Å². The predicted octanol–water partition coefficient (Wildman–Crippen LogP) is 9.92. The van der Waals surface area contributed by atoms with Crippen LogP contribution in [0.3, 0.4) is 0 Å². The van der Waals surface area contributed by atoms with Crippen LogP contribution in [-0.2, 0) is 5.41 Å². The summed E-state index contributed by atoms with van der Waals surface area (Å²) in [6, 6.07) is 64.3. The van der Waals surface area contributed by atoms with Gasteiger partial charge in [-0.1, -0.05) is 164 Å². The van der Waals surface area contributed by atoms with Crippen LogP contribution >= 0.6 is 11.8 Å². The van der Waals surface area contributed by atoms with E-state index in [1.807, 2.05) is 11.8 Å². The fourth-order valence-corrected chi connectivity index (χ4v) is 11.7. The summed E-state index contributed by atoms with van der Waals surface area (Å²) in [5.41, 5.74) is 17.3. The molecule has 0 radical (unpaired) electrons. The second kappa shape index (κ2) is 12.2. The molecular formula is C53H35B2NO2S. The predicted molar refractivity (Wildman–Crippen MR) is 248 cm³/mol. The van der Waals surface area contributed by atoms with Crippen LogP contribution in [0.25, 0.3) is 43.8 Å². The summed E-state index contributed by atoms with van der Waals surface area (Å²) < 4.78 is 14.4. The van der Waals surface area contributed by atoms with Gasteiger partial charge in [0.05, 0.1) is 22.7 Å². The van der Waals surface area contributed by atoms with E-state index < -0.39 is 0 Å². The number of para-hydroxylation sites is 3. The second-order valence-corrected chi connectivity index (χ2v) is 17.8. The number of benzene rings is 8. The van der Waals surface area contributed by atoms with Crippen molar-refractivity contribution < 1.29 is 8.83 Å². The summed E-state index contributed by atoms with van der Waals surface area (Å²) in [6.07, 6.45) is 0. The highest BCUT2D eigenvalue weighted by Gasteiger charge is 2.48. The van der Waals surface area contributed by atoms with E-state index in [9.17, 15) is 0 Å². The van der Waals surface area contributed by atoms with Crippen molar-refractivity contribution >= 4 is 108 Å². The molecule has 0 bridgehead atoms. The van der Waals surface area contributed by atoms with E-state index in [1.54, 1.807) is 0 Å². The van der Waals surface area contributed by atoms with Gasteiger partial charge in [0.15, 0.2) is 0 Å². The fraction of sp³-hybridized carbons (Fsp3) is 0.0566. The van der Waals surface area contributed by atoms with E-state index in [0.717, 1.165) is 38.9 Å². The van der Waals surface area contributed by atoms with Gasteiger partial charge in [0.1, 0.15) is 11.2 Å². The molecule has 0 amide bonds. The van der Waals surface area contributed by atoms with Crippen molar-refractivity contribution in [3.8, 4) is 11.1 Å². The van der Waals surface area contributed by atoms with Crippen LogP contribution in [0.1, 0.15) is 25.0 Å². The normalized spacial score (nSPS) is 14.6. The van der Waals surface area contributed by atoms with Crippen molar-refractivity contribution in [1.29, 1.82) is 0 Å². The smallest absolute Gasteiger partial charge is 0.290 e. The van der Waals surface area contributed by atoms with Crippen molar-refractivity contribution in [2.75, 3.05) is 4.90 Å². The molecule has 0 saturated heterocycles. The maximum absolute atomic E-state index is 7.27. The van der Waals surface area contributed by atoms with Gasteiger partial charge in [-0.3, -0.25) is 0 Å². The van der Waals surface area contributed by atoms with Crippen LogP contribution in [-0.4, -0.2) is 13.4 Å². The zero-order valence-electron chi connectivity index (χ0n) is 32.6. The van der Waals surface area contributed by atoms with Crippen LogP contribution in [0, 0.1) is 0 Å². The molecule has 1 aliphatic carbocycles. The van der Waals surface area contributed by atoms with Gasteiger partial charge in [-0.05, 0) is 92.5 Å². The molecule has 0 atom stereocenters. The second-order valence-electron chi connectivity index (χ2n) is 16.7. The summed E-state index contributed by atoms with van der Waals surface area (Å²) >= 11 is 1.83. The number of hydrogen-bond donors (Lipinski definition) is 0. The van der Waals surface area contributed by atoms with Gasteiger partial charge < -0.3 is 13.7 Å². The zero-order chi connectivity index (χ0) is 39.0. The van der Waals surface area contributed by atoms with E-state index in [1.165, 1.54) is 76.0 Å². The molecule has 8 aromatic carbocycles. The SMILES string of the molecule is CC1(C)c2ccccc2-c2ccc(B3c4oc5ccc6ccccc6c5c4B(c4ccc(N5c6ccccc6Sc6ccccc65)cc4)c4oc5ccccc5c43)cc21. The first-order valence-corrected chi connectivity index (χ1v) is 21.3. The van der Waals surface area contributed by atoms with Crippen molar-refractivity contribution in [1.82, 2.24) is 0 Å².